The molecule has 0 saturated carbocycles. The molecule has 1 aromatic carbocycles. The van der Waals surface area contributed by atoms with Crippen LogP contribution in [0.25, 0.3) is 0 Å². The van der Waals surface area contributed by atoms with E-state index in [4.69, 9.17) is 4.74 Å². The van der Waals surface area contributed by atoms with Crippen molar-refractivity contribution in [2.75, 3.05) is 0 Å². The van der Waals surface area contributed by atoms with E-state index in [1.54, 1.807) is 12.1 Å². The summed E-state index contributed by atoms with van der Waals surface area (Å²) >= 11 is 4.05. The first-order valence-electron chi connectivity index (χ1n) is 4.72. The summed E-state index contributed by atoms with van der Waals surface area (Å²) in [5, 5.41) is 0. The molecule has 0 spiro atoms. The molecule has 0 N–H and O–H groups in total. The molecule has 14 heavy (non-hydrogen) atoms. The molecule has 0 aromatic heterocycles. The van der Waals surface area contributed by atoms with Crippen LogP contribution in [-0.2, 0) is 11.3 Å². The topological polar surface area (TPSA) is 9.23 Å². The number of rotatable bonds is 4. The Balaban J connectivity index is 2.59. The van der Waals surface area contributed by atoms with Gasteiger partial charge in [0.15, 0.2) is 0 Å². The van der Waals surface area contributed by atoms with Gasteiger partial charge in [0.05, 0.1) is 12.7 Å². The molecule has 0 radical (unpaired) electrons. The van der Waals surface area contributed by atoms with E-state index in [-0.39, 0.29) is 11.9 Å². The minimum atomic E-state index is -0.249. The van der Waals surface area contributed by atoms with Crippen molar-refractivity contribution in [3.8, 4) is 0 Å². The summed E-state index contributed by atoms with van der Waals surface area (Å²) in [6.45, 7) is 4.34. The van der Waals surface area contributed by atoms with E-state index in [9.17, 15) is 4.39 Å². The first-order valence-corrected chi connectivity index (χ1v) is 5.17. The van der Waals surface area contributed by atoms with Crippen LogP contribution < -0.4 is 0 Å². The molecule has 1 rings (SSSR count). The number of benzene rings is 1. The van der Waals surface area contributed by atoms with E-state index in [2.05, 4.69) is 12.6 Å². The molecule has 0 amide bonds. The highest BCUT2D eigenvalue weighted by molar-refractivity contribution is 7.80. The first kappa shape index (κ1) is 11.5. The Morgan fingerprint density at radius 2 is 2.21 bits per heavy atom. The zero-order valence-electron chi connectivity index (χ0n) is 8.46. The number of halogens is 1. The van der Waals surface area contributed by atoms with E-state index in [1.165, 1.54) is 6.07 Å². The minimum Gasteiger partial charge on any atom is -0.374 e. The molecule has 0 heterocycles. The molecule has 0 fully saturated rings. The van der Waals surface area contributed by atoms with Crippen LogP contribution in [0.15, 0.2) is 23.1 Å². The van der Waals surface area contributed by atoms with Crippen LogP contribution in [0, 0.1) is 5.82 Å². The molecule has 0 unspecified atom stereocenters. The summed E-state index contributed by atoms with van der Waals surface area (Å²) in [5.41, 5.74) is 0.586. The van der Waals surface area contributed by atoms with Crippen molar-refractivity contribution < 1.29 is 9.13 Å². The van der Waals surface area contributed by atoms with Crippen molar-refractivity contribution in [1.82, 2.24) is 0 Å². The second-order valence-corrected chi connectivity index (χ2v) is 3.82. The second-order valence-electron chi connectivity index (χ2n) is 3.31. The van der Waals surface area contributed by atoms with Crippen molar-refractivity contribution in [2.24, 2.45) is 0 Å². The second kappa shape index (κ2) is 5.37. The normalized spacial score (nSPS) is 12.9. The van der Waals surface area contributed by atoms with E-state index in [0.717, 1.165) is 6.42 Å². The van der Waals surface area contributed by atoms with Crippen LogP contribution in [0.2, 0.25) is 0 Å². The van der Waals surface area contributed by atoms with Crippen LogP contribution in [0.5, 0.6) is 0 Å². The van der Waals surface area contributed by atoms with Crippen molar-refractivity contribution >= 4 is 12.6 Å². The SMILES string of the molecule is CC[C@H](C)OCc1ccc(S)cc1F. The fraction of sp³-hybridized carbons (Fsp3) is 0.455. The van der Waals surface area contributed by atoms with Crippen LogP contribution in [0.4, 0.5) is 4.39 Å². The lowest BCUT2D eigenvalue weighted by Gasteiger charge is -2.11. The van der Waals surface area contributed by atoms with Crippen LogP contribution in [-0.4, -0.2) is 6.10 Å². The third-order valence-electron chi connectivity index (χ3n) is 2.13. The van der Waals surface area contributed by atoms with Gasteiger partial charge in [-0.2, -0.15) is 0 Å². The molecule has 3 heteroatoms. The van der Waals surface area contributed by atoms with Gasteiger partial charge < -0.3 is 4.74 Å². The zero-order chi connectivity index (χ0) is 10.6. The van der Waals surface area contributed by atoms with Gasteiger partial charge in [0, 0.05) is 10.5 Å². The van der Waals surface area contributed by atoms with Crippen LogP contribution in [0.1, 0.15) is 25.8 Å². The third-order valence-corrected chi connectivity index (χ3v) is 2.41. The summed E-state index contributed by atoms with van der Waals surface area (Å²) in [5.74, 6) is -0.249. The highest BCUT2D eigenvalue weighted by Gasteiger charge is 2.04. The first-order chi connectivity index (χ1) is 6.63. The maximum Gasteiger partial charge on any atom is 0.129 e. The number of hydrogen-bond acceptors (Lipinski definition) is 2. The van der Waals surface area contributed by atoms with Crippen LogP contribution in [0.3, 0.4) is 0 Å². The molecule has 1 aromatic rings. The lowest BCUT2D eigenvalue weighted by Crippen LogP contribution is -2.07. The highest BCUT2D eigenvalue weighted by atomic mass is 32.1. The number of thiol groups is 1. The van der Waals surface area contributed by atoms with Crippen molar-refractivity contribution in [2.45, 2.75) is 37.9 Å². The Morgan fingerprint density at radius 3 is 2.79 bits per heavy atom. The van der Waals surface area contributed by atoms with Gasteiger partial charge in [0.1, 0.15) is 5.82 Å². The average Bonchev–Trinajstić information content (AvgIpc) is 2.16. The van der Waals surface area contributed by atoms with Gasteiger partial charge in [-0.15, -0.1) is 12.6 Å². The molecule has 0 saturated heterocycles. The Labute approximate surface area is 89.7 Å². The maximum atomic E-state index is 13.3. The fourth-order valence-electron chi connectivity index (χ4n) is 1.00. The quantitative estimate of drug-likeness (QED) is 0.755. The highest BCUT2D eigenvalue weighted by Crippen LogP contribution is 2.14. The predicted octanol–water partition coefficient (Wildman–Crippen LogP) is 3.43. The Morgan fingerprint density at radius 1 is 1.50 bits per heavy atom. The Hall–Kier alpha value is -0.540. The average molecular weight is 214 g/mol. The fourth-order valence-corrected chi connectivity index (χ4v) is 1.19. The maximum absolute atomic E-state index is 13.3. The summed E-state index contributed by atoms with van der Waals surface area (Å²) in [6, 6.07) is 4.87. The molecule has 0 aliphatic heterocycles. The lowest BCUT2D eigenvalue weighted by atomic mass is 10.2. The third kappa shape index (κ3) is 3.31. The molecule has 1 nitrogen and oxygen atoms in total. The van der Waals surface area contributed by atoms with E-state index in [0.29, 0.717) is 17.1 Å². The van der Waals surface area contributed by atoms with Crippen LogP contribution >= 0.6 is 12.6 Å². The molecule has 1 atom stereocenters. The standard InChI is InChI=1S/C11H15FOS/c1-3-8(2)13-7-9-4-5-10(14)6-11(9)12/h4-6,8,14H,3,7H2,1-2H3/t8-/m0/s1. The van der Waals surface area contributed by atoms with E-state index < -0.39 is 0 Å². The smallest absolute Gasteiger partial charge is 0.129 e. The van der Waals surface area contributed by atoms with Gasteiger partial charge in [0.2, 0.25) is 0 Å². The van der Waals surface area contributed by atoms with Gasteiger partial charge in [-0.05, 0) is 25.5 Å². The summed E-state index contributed by atoms with van der Waals surface area (Å²) in [7, 11) is 0. The van der Waals surface area contributed by atoms with E-state index >= 15 is 0 Å². The molecule has 78 valence electrons. The minimum absolute atomic E-state index is 0.171. The lowest BCUT2D eigenvalue weighted by molar-refractivity contribution is 0.0492. The zero-order valence-corrected chi connectivity index (χ0v) is 9.35. The summed E-state index contributed by atoms with van der Waals surface area (Å²) in [4.78, 5) is 0.634. The molecule has 0 aliphatic carbocycles. The van der Waals surface area contributed by atoms with Crippen molar-refractivity contribution in [3.63, 3.8) is 0 Å². The van der Waals surface area contributed by atoms with Gasteiger partial charge in [-0.3, -0.25) is 0 Å². The van der Waals surface area contributed by atoms with Crippen molar-refractivity contribution in [1.29, 1.82) is 0 Å². The predicted molar refractivity (Wildman–Crippen MR) is 58.2 cm³/mol. The Bertz CT molecular complexity index is 301. The molecular weight excluding hydrogens is 199 g/mol. The van der Waals surface area contributed by atoms with E-state index in [1.807, 2.05) is 13.8 Å². The Kier molecular flexibility index (Phi) is 4.42. The monoisotopic (exact) mass is 214 g/mol. The van der Waals surface area contributed by atoms with Crippen molar-refractivity contribution in [3.05, 3.63) is 29.6 Å². The molecule has 0 aliphatic rings. The summed E-state index contributed by atoms with van der Waals surface area (Å²) in [6.07, 6.45) is 1.11. The largest absolute Gasteiger partial charge is 0.374 e. The number of hydrogen-bond donors (Lipinski definition) is 1. The van der Waals surface area contributed by atoms with Gasteiger partial charge in [-0.25, -0.2) is 4.39 Å². The summed E-state index contributed by atoms with van der Waals surface area (Å²) < 4.78 is 18.7. The van der Waals surface area contributed by atoms with Gasteiger partial charge in [-0.1, -0.05) is 13.0 Å². The van der Waals surface area contributed by atoms with Gasteiger partial charge in [0.25, 0.3) is 0 Å². The molecule has 0 bridgehead atoms. The van der Waals surface area contributed by atoms with Gasteiger partial charge >= 0.3 is 0 Å². The molecular formula is C11H15FOS. The number of ether oxygens (including phenoxy) is 1.